The van der Waals surface area contributed by atoms with E-state index in [1.165, 1.54) is 6.08 Å². The lowest BCUT2D eigenvalue weighted by molar-refractivity contribution is -0.132. The number of hydrogen-bond acceptors (Lipinski definition) is 2. The van der Waals surface area contributed by atoms with Gasteiger partial charge in [-0.2, -0.15) is 0 Å². The fourth-order valence-electron chi connectivity index (χ4n) is 1.90. The molecule has 0 bridgehead atoms. The maximum absolute atomic E-state index is 12.2. The van der Waals surface area contributed by atoms with Crippen LogP contribution in [-0.2, 0) is 16.1 Å². The van der Waals surface area contributed by atoms with Crippen LogP contribution < -0.4 is 5.32 Å². The normalized spacial score (nSPS) is 19.6. The first-order valence-electron chi connectivity index (χ1n) is 6.04. The zero-order chi connectivity index (χ0) is 13.0. The van der Waals surface area contributed by atoms with Crippen LogP contribution in [0.3, 0.4) is 0 Å². The molecule has 18 heavy (non-hydrogen) atoms. The number of nitrogens with zero attached hydrogens (tertiary/aromatic N) is 1. The highest BCUT2D eigenvalue weighted by Crippen LogP contribution is 2.10. The van der Waals surface area contributed by atoms with Crippen molar-refractivity contribution < 1.29 is 9.59 Å². The van der Waals surface area contributed by atoms with E-state index in [4.69, 9.17) is 0 Å². The van der Waals surface area contributed by atoms with E-state index in [9.17, 15) is 9.59 Å². The van der Waals surface area contributed by atoms with E-state index >= 15 is 0 Å². The van der Waals surface area contributed by atoms with Crippen molar-refractivity contribution in [3.05, 3.63) is 48.2 Å². The van der Waals surface area contributed by atoms with E-state index in [0.717, 1.165) is 5.56 Å². The Morgan fingerprint density at radius 2 is 1.94 bits per heavy atom. The number of benzene rings is 1. The topological polar surface area (TPSA) is 49.4 Å². The van der Waals surface area contributed by atoms with Crippen molar-refractivity contribution in [2.24, 2.45) is 0 Å². The summed E-state index contributed by atoms with van der Waals surface area (Å²) in [4.78, 5) is 25.2. The smallest absolute Gasteiger partial charge is 0.249 e. The largest absolute Gasteiger partial charge is 0.341 e. The van der Waals surface area contributed by atoms with Gasteiger partial charge in [0.2, 0.25) is 11.8 Å². The molecule has 2 rings (SSSR count). The summed E-state index contributed by atoms with van der Waals surface area (Å²) < 4.78 is 0. The van der Waals surface area contributed by atoms with Gasteiger partial charge in [0.05, 0.1) is 6.54 Å². The van der Waals surface area contributed by atoms with Gasteiger partial charge < -0.3 is 10.2 Å². The number of nitrogens with one attached hydrogen (secondary N) is 1. The van der Waals surface area contributed by atoms with Crippen molar-refractivity contribution >= 4 is 11.8 Å². The Labute approximate surface area is 106 Å². The van der Waals surface area contributed by atoms with Gasteiger partial charge in [-0.25, -0.2) is 0 Å². The van der Waals surface area contributed by atoms with Gasteiger partial charge in [0.1, 0.15) is 6.04 Å². The summed E-state index contributed by atoms with van der Waals surface area (Å²) in [5.41, 5.74) is 1.04. The molecule has 1 heterocycles. The summed E-state index contributed by atoms with van der Waals surface area (Å²) in [5.74, 6) is -0.283. The maximum Gasteiger partial charge on any atom is 0.249 e. The van der Waals surface area contributed by atoms with Crippen molar-refractivity contribution in [3.63, 3.8) is 0 Å². The third-order valence-electron chi connectivity index (χ3n) is 2.91. The van der Waals surface area contributed by atoms with Crippen LogP contribution in [0.1, 0.15) is 18.9 Å². The van der Waals surface area contributed by atoms with Gasteiger partial charge in [-0.05, 0) is 12.0 Å². The van der Waals surface area contributed by atoms with Gasteiger partial charge in [0, 0.05) is 12.3 Å². The van der Waals surface area contributed by atoms with Crippen LogP contribution in [0.25, 0.3) is 0 Å². The molecule has 1 unspecified atom stereocenters. The molecule has 0 aliphatic carbocycles. The van der Waals surface area contributed by atoms with Crippen LogP contribution in [0.5, 0.6) is 0 Å². The van der Waals surface area contributed by atoms with Crippen molar-refractivity contribution in [2.75, 3.05) is 0 Å². The Bertz CT molecular complexity index is 468. The van der Waals surface area contributed by atoms with Crippen molar-refractivity contribution in [1.29, 1.82) is 0 Å². The summed E-state index contributed by atoms with van der Waals surface area (Å²) in [6, 6.07) is 9.29. The molecule has 0 fully saturated rings. The van der Waals surface area contributed by atoms with E-state index in [1.54, 1.807) is 11.1 Å². The average molecular weight is 244 g/mol. The molecule has 1 atom stereocenters. The molecule has 2 amide bonds. The number of carbonyl (C=O) groups is 2. The number of carbonyl (C=O) groups excluding carboxylic acids is 2. The fraction of sp³-hybridized carbons (Fsp3) is 0.286. The van der Waals surface area contributed by atoms with Gasteiger partial charge >= 0.3 is 0 Å². The first-order valence-corrected chi connectivity index (χ1v) is 6.04. The van der Waals surface area contributed by atoms with Crippen LogP contribution >= 0.6 is 0 Å². The maximum atomic E-state index is 12.2. The summed E-state index contributed by atoms with van der Waals surface area (Å²) in [6.45, 7) is 2.37. The Hall–Kier alpha value is -2.10. The quantitative estimate of drug-likeness (QED) is 0.874. The summed E-state index contributed by atoms with van der Waals surface area (Å²) in [6.07, 6.45) is 3.55. The molecule has 0 saturated heterocycles. The van der Waals surface area contributed by atoms with Crippen LogP contribution in [0, 0.1) is 0 Å². The third-order valence-corrected chi connectivity index (χ3v) is 2.91. The first kappa shape index (κ1) is 12.4. The van der Waals surface area contributed by atoms with E-state index in [-0.39, 0.29) is 11.8 Å². The first-order chi connectivity index (χ1) is 8.70. The average Bonchev–Trinajstić information content (AvgIpc) is 2.53. The van der Waals surface area contributed by atoms with Crippen LogP contribution in [-0.4, -0.2) is 22.8 Å². The molecule has 0 spiro atoms. The number of hydrogen-bond donors (Lipinski definition) is 1. The molecule has 0 aromatic heterocycles. The number of rotatable bonds is 3. The second-order valence-electron chi connectivity index (χ2n) is 4.24. The molecule has 1 aromatic carbocycles. The van der Waals surface area contributed by atoms with E-state index in [2.05, 4.69) is 5.32 Å². The van der Waals surface area contributed by atoms with Crippen LogP contribution in [0.15, 0.2) is 42.6 Å². The highest BCUT2D eigenvalue weighted by atomic mass is 16.2. The lowest BCUT2D eigenvalue weighted by atomic mass is 10.1. The highest BCUT2D eigenvalue weighted by molar-refractivity contribution is 5.95. The van der Waals surface area contributed by atoms with E-state index in [1.807, 2.05) is 37.3 Å². The molecule has 0 radical (unpaired) electrons. The van der Waals surface area contributed by atoms with E-state index in [0.29, 0.717) is 13.0 Å². The van der Waals surface area contributed by atoms with Gasteiger partial charge in [0.15, 0.2) is 0 Å². The third kappa shape index (κ3) is 2.77. The molecule has 1 aliphatic heterocycles. The predicted octanol–water partition coefficient (Wildman–Crippen LogP) is 1.44. The monoisotopic (exact) mass is 244 g/mol. The minimum atomic E-state index is -0.434. The molecule has 1 aliphatic rings. The summed E-state index contributed by atoms with van der Waals surface area (Å²) in [7, 11) is 0. The molecule has 0 saturated carbocycles. The lowest BCUT2D eigenvalue weighted by Crippen LogP contribution is -2.43. The van der Waals surface area contributed by atoms with E-state index < -0.39 is 6.04 Å². The molecule has 1 N–H and O–H groups in total. The van der Waals surface area contributed by atoms with Crippen molar-refractivity contribution in [2.45, 2.75) is 25.9 Å². The summed E-state index contributed by atoms with van der Waals surface area (Å²) in [5, 5.41) is 2.68. The second kappa shape index (κ2) is 5.49. The summed E-state index contributed by atoms with van der Waals surface area (Å²) >= 11 is 0. The zero-order valence-electron chi connectivity index (χ0n) is 10.3. The second-order valence-corrected chi connectivity index (χ2v) is 4.24. The Balaban J connectivity index is 2.17. The molecule has 1 aromatic rings. The SMILES string of the molecule is CCC1NC(=O)C=CN(Cc2ccccc2)C1=O. The van der Waals surface area contributed by atoms with Gasteiger partial charge in [-0.3, -0.25) is 9.59 Å². The Kier molecular flexibility index (Phi) is 3.77. The molecular weight excluding hydrogens is 228 g/mol. The minimum absolute atomic E-state index is 0.0662. The fourth-order valence-corrected chi connectivity index (χ4v) is 1.90. The molecule has 94 valence electrons. The molecule has 4 heteroatoms. The minimum Gasteiger partial charge on any atom is -0.341 e. The Morgan fingerprint density at radius 3 is 2.61 bits per heavy atom. The standard InChI is InChI=1S/C14H16N2O2/c1-2-12-14(18)16(9-8-13(17)15-12)10-11-6-4-3-5-7-11/h3-9,12H,2,10H2,1H3,(H,15,17). The van der Waals surface area contributed by atoms with Gasteiger partial charge in [-0.1, -0.05) is 37.3 Å². The Morgan fingerprint density at radius 1 is 1.22 bits per heavy atom. The van der Waals surface area contributed by atoms with Crippen molar-refractivity contribution in [1.82, 2.24) is 10.2 Å². The lowest BCUT2D eigenvalue weighted by Gasteiger charge is -2.21. The zero-order valence-corrected chi connectivity index (χ0v) is 10.3. The number of amides is 2. The molecular formula is C14H16N2O2. The van der Waals surface area contributed by atoms with Gasteiger partial charge in [-0.15, -0.1) is 0 Å². The van der Waals surface area contributed by atoms with Crippen LogP contribution in [0.2, 0.25) is 0 Å². The van der Waals surface area contributed by atoms with Crippen LogP contribution in [0.4, 0.5) is 0 Å². The van der Waals surface area contributed by atoms with Gasteiger partial charge in [0.25, 0.3) is 0 Å². The van der Waals surface area contributed by atoms with Crippen molar-refractivity contribution in [3.8, 4) is 0 Å². The highest BCUT2D eigenvalue weighted by Gasteiger charge is 2.25. The molecule has 4 nitrogen and oxygen atoms in total. The predicted molar refractivity (Wildman–Crippen MR) is 68.4 cm³/mol.